The number of carbonyl (C=O) groups excluding carboxylic acids is 1. The lowest BCUT2D eigenvalue weighted by Crippen LogP contribution is -2.49. The van der Waals surface area contributed by atoms with E-state index >= 15 is 0 Å². The molecule has 1 aromatic carbocycles. The van der Waals surface area contributed by atoms with Crippen LogP contribution in [0, 0.1) is 16.0 Å². The Morgan fingerprint density at radius 2 is 1.81 bits per heavy atom. The summed E-state index contributed by atoms with van der Waals surface area (Å²) >= 11 is 0. The minimum absolute atomic E-state index is 0. The third-order valence-corrected chi connectivity index (χ3v) is 5.28. The summed E-state index contributed by atoms with van der Waals surface area (Å²) in [4.78, 5) is 27.2. The first-order valence-electron chi connectivity index (χ1n) is 9.12. The van der Waals surface area contributed by atoms with E-state index in [2.05, 4.69) is 5.32 Å². The molecule has 3 rings (SSSR count). The zero-order chi connectivity index (χ0) is 17.6. The van der Waals surface area contributed by atoms with Gasteiger partial charge in [0.05, 0.1) is 4.92 Å². The van der Waals surface area contributed by atoms with Crippen molar-refractivity contribution in [2.24, 2.45) is 5.92 Å². The normalized spacial score (nSPS) is 18.3. The number of para-hydroxylation sites is 2. The second kappa shape index (κ2) is 9.73. The fourth-order valence-electron chi connectivity index (χ4n) is 3.74. The van der Waals surface area contributed by atoms with Gasteiger partial charge in [-0.25, -0.2) is 0 Å². The fraction of sp³-hybridized carbons (Fsp3) is 0.611. The fourth-order valence-corrected chi connectivity index (χ4v) is 3.74. The number of amides is 1. The standard InChI is InChI=1S/C18H26N4O3.ClH/c23-18(6-5-15-7-9-19-10-8-15)21-13-11-20(12-14-21)16-3-1-2-4-17(16)22(24)25;/h1-4,15,19H,5-14H2;1H. The number of hydrogen-bond acceptors (Lipinski definition) is 5. The molecule has 144 valence electrons. The molecule has 0 radical (unpaired) electrons. The van der Waals surface area contributed by atoms with Crippen LogP contribution >= 0.6 is 12.4 Å². The highest BCUT2D eigenvalue weighted by Gasteiger charge is 2.25. The van der Waals surface area contributed by atoms with Gasteiger partial charge in [-0.05, 0) is 44.3 Å². The number of piperidine rings is 1. The number of halogens is 1. The van der Waals surface area contributed by atoms with Gasteiger partial charge in [-0.3, -0.25) is 14.9 Å². The van der Waals surface area contributed by atoms with Crippen LogP contribution in [0.15, 0.2) is 24.3 Å². The van der Waals surface area contributed by atoms with E-state index in [0.29, 0.717) is 44.2 Å². The van der Waals surface area contributed by atoms with Gasteiger partial charge in [-0.2, -0.15) is 0 Å². The molecule has 0 aromatic heterocycles. The maximum Gasteiger partial charge on any atom is 0.292 e. The first-order chi connectivity index (χ1) is 12.1. The quantitative estimate of drug-likeness (QED) is 0.625. The molecule has 0 atom stereocenters. The molecular weight excluding hydrogens is 356 g/mol. The molecule has 0 saturated carbocycles. The lowest BCUT2D eigenvalue weighted by atomic mass is 9.93. The van der Waals surface area contributed by atoms with Crippen molar-refractivity contribution >= 4 is 29.7 Å². The Hall–Kier alpha value is -1.86. The smallest absolute Gasteiger partial charge is 0.292 e. The van der Waals surface area contributed by atoms with Crippen LogP contribution < -0.4 is 10.2 Å². The number of nitrogens with zero attached hydrogens (tertiary/aromatic N) is 3. The van der Waals surface area contributed by atoms with Crippen molar-refractivity contribution in [1.82, 2.24) is 10.2 Å². The average Bonchev–Trinajstić information content (AvgIpc) is 2.67. The van der Waals surface area contributed by atoms with Crippen molar-refractivity contribution in [1.29, 1.82) is 0 Å². The topological polar surface area (TPSA) is 78.7 Å². The Bertz CT molecular complexity index is 614. The summed E-state index contributed by atoms with van der Waals surface area (Å²) in [7, 11) is 0. The first-order valence-corrected chi connectivity index (χ1v) is 9.12. The van der Waals surface area contributed by atoms with Crippen LogP contribution in [0.1, 0.15) is 25.7 Å². The predicted octanol–water partition coefficient (Wildman–Crippen LogP) is 2.45. The lowest BCUT2D eigenvalue weighted by Gasteiger charge is -2.36. The van der Waals surface area contributed by atoms with Crippen molar-refractivity contribution in [3.63, 3.8) is 0 Å². The maximum absolute atomic E-state index is 12.4. The largest absolute Gasteiger partial charge is 0.362 e. The molecule has 2 fully saturated rings. The van der Waals surface area contributed by atoms with Gasteiger partial charge < -0.3 is 15.1 Å². The zero-order valence-electron chi connectivity index (χ0n) is 14.9. The van der Waals surface area contributed by atoms with E-state index in [0.717, 1.165) is 19.5 Å². The molecule has 1 N–H and O–H groups in total. The number of anilines is 1. The summed E-state index contributed by atoms with van der Waals surface area (Å²) in [6, 6.07) is 6.82. The summed E-state index contributed by atoms with van der Waals surface area (Å²) in [5.74, 6) is 0.888. The van der Waals surface area contributed by atoms with Crippen LogP contribution in [0.2, 0.25) is 0 Å². The minimum atomic E-state index is -0.341. The van der Waals surface area contributed by atoms with E-state index in [1.165, 1.54) is 18.9 Å². The van der Waals surface area contributed by atoms with Gasteiger partial charge in [0.2, 0.25) is 5.91 Å². The number of hydrogen-bond donors (Lipinski definition) is 1. The van der Waals surface area contributed by atoms with Crippen molar-refractivity contribution in [3.05, 3.63) is 34.4 Å². The summed E-state index contributed by atoms with van der Waals surface area (Å²) in [6.07, 6.45) is 3.93. The zero-order valence-corrected chi connectivity index (χ0v) is 15.7. The Morgan fingerprint density at radius 3 is 2.46 bits per heavy atom. The van der Waals surface area contributed by atoms with E-state index in [-0.39, 0.29) is 28.9 Å². The van der Waals surface area contributed by atoms with Crippen molar-refractivity contribution in [3.8, 4) is 0 Å². The van der Waals surface area contributed by atoms with E-state index < -0.39 is 0 Å². The minimum Gasteiger partial charge on any atom is -0.362 e. The van der Waals surface area contributed by atoms with Crippen molar-refractivity contribution in [2.75, 3.05) is 44.2 Å². The monoisotopic (exact) mass is 382 g/mol. The number of benzene rings is 1. The Balaban J connectivity index is 0.00000243. The van der Waals surface area contributed by atoms with Crippen LogP contribution in [-0.2, 0) is 4.79 Å². The Labute approximate surface area is 160 Å². The van der Waals surface area contributed by atoms with Gasteiger partial charge in [-0.1, -0.05) is 12.1 Å². The van der Waals surface area contributed by atoms with Gasteiger partial charge in [-0.15, -0.1) is 12.4 Å². The van der Waals surface area contributed by atoms with Crippen LogP contribution in [0.3, 0.4) is 0 Å². The van der Waals surface area contributed by atoms with Crippen LogP contribution in [0.5, 0.6) is 0 Å². The van der Waals surface area contributed by atoms with Gasteiger partial charge in [0.15, 0.2) is 0 Å². The summed E-state index contributed by atoms with van der Waals surface area (Å²) < 4.78 is 0. The summed E-state index contributed by atoms with van der Waals surface area (Å²) in [5.41, 5.74) is 0.780. The van der Waals surface area contributed by atoms with E-state index in [1.54, 1.807) is 12.1 Å². The SMILES string of the molecule is Cl.O=C(CCC1CCNCC1)N1CCN(c2ccccc2[N+](=O)[O-])CC1. The highest BCUT2D eigenvalue weighted by molar-refractivity contribution is 5.85. The molecule has 2 heterocycles. The highest BCUT2D eigenvalue weighted by atomic mass is 35.5. The molecular formula is C18H27ClN4O3. The maximum atomic E-state index is 12.4. The van der Waals surface area contributed by atoms with E-state index in [4.69, 9.17) is 0 Å². The van der Waals surface area contributed by atoms with Gasteiger partial charge in [0.25, 0.3) is 5.69 Å². The molecule has 26 heavy (non-hydrogen) atoms. The third kappa shape index (κ3) is 5.08. The molecule has 0 bridgehead atoms. The second-order valence-corrected chi connectivity index (χ2v) is 6.85. The molecule has 1 amide bonds. The predicted molar refractivity (Wildman–Crippen MR) is 104 cm³/mol. The third-order valence-electron chi connectivity index (χ3n) is 5.28. The lowest BCUT2D eigenvalue weighted by molar-refractivity contribution is -0.384. The van der Waals surface area contributed by atoms with Gasteiger partial charge in [0, 0.05) is 38.7 Å². The highest BCUT2D eigenvalue weighted by Crippen LogP contribution is 2.28. The molecule has 0 spiro atoms. The Kier molecular flexibility index (Phi) is 7.66. The molecule has 0 unspecified atom stereocenters. The number of nitro groups is 1. The average molecular weight is 383 g/mol. The van der Waals surface area contributed by atoms with E-state index in [1.807, 2.05) is 15.9 Å². The van der Waals surface area contributed by atoms with Crippen LogP contribution in [0.4, 0.5) is 11.4 Å². The van der Waals surface area contributed by atoms with Crippen molar-refractivity contribution < 1.29 is 9.72 Å². The van der Waals surface area contributed by atoms with Gasteiger partial charge >= 0.3 is 0 Å². The molecule has 2 saturated heterocycles. The molecule has 0 aliphatic carbocycles. The van der Waals surface area contributed by atoms with Crippen LogP contribution in [0.25, 0.3) is 0 Å². The summed E-state index contributed by atoms with van der Waals surface area (Å²) in [6.45, 7) is 4.68. The molecule has 1 aromatic rings. The number of rotatable bonds is 5. The van der Waals surface area contributed by atoms with E-state index in [9.17, 15) is 14.9 Å². The number of piperazine rings is 1. The summed E-state index contributed by atoms with van der Waals surface area (Å²) in [5, 5.41) is 14.5. The second-order valence-electron chi connectivity index (χ2n) is 6.85. The molecule has 7 nitrogen and oxygen atoms in total. The molecule has 2 aliphatic rings. The van der Waals surface area contributed by atoms with Crippen LogP contribution in [-0.4, -0.2) is 55.0 Å². The van der Waals surface area contributed by atoms with Gasteiger partial charge in [0.1, 0.15) is 5.69 Å². The number of nitro benzene ring substituents is 1. The molecule has 8 heteroatoms. The first kappa shape index (κ1) is 20.5. The number of nitrogens with one attached hydrogen (secondary N) is 1. The number of carbonyl (C=O) groups is 1. The van der Waals surface area contributed by atoms with Crippen molar-refractivity contribution in [2.45, 2.75) is 25.7 Å². The Morgan fingerprint density at radius 1 is 1.15 bits per heavy atom. The molecule has 2 aliphatic heterocycles.